The molecule has 114 valence electrons. The number of nitrogens with zero attached hydrogens (tertiary/aromatic N) is 1. The lowest BCUT2D eigenvalue weighted by Gasteiger charge is -2.35. The lowest BCUT2D eigenvalue weighted by Crippen LogP contribution is -2.49. The van der Waals surface area contributed by atoms with Gasteiger partial charge in [-0.1, -0.05) is 34.1 Å². The summed E-state index contributed by atoms with van der Waals surface area (Å²) in [6.45, 7) is 0.343. The monoisotopic (exact) mass is 379 g/mol. The molecule has 0 fully saturated rings. The molecule has 0 aliphatic carbocycles. The lowest BCUT2D eigenvalue weighted by atomic mass is 9.93. The summed E-state index contributed by atoms with van der Waals surface area (Å²) in [4.78, 5) is 26.6. The van der Waals surface area contributed by atoms with E-state index in [1.807, 2.05) is 35.7 Å². The Morgan fingerprint density at radius 3 is 2.82 bits per heavy atom. The predicted molar refractivity (Wildman–Crippen MR) is 87.8 cm³/mol. The number of halogens is 1. The molecule has 22 heavy (non-hydrogen) atoms. The van der Waals surface area contributed by atoms with Crippen LogP contribution in [0.5, 0.6) is 0 Å². The molecule has 1 unspecified atom stereocenters. The third-order valence-electron chi connectivity index (χ3n) is 3.84. The maximum absolute atomic E-state index is 12.5. The van der Waals surface area contributed by atoms with Crippen molar-refractivity contribution < 1.29 is 14.7 Å². The molecule has 4 nitrogen and oxygen atoms in total. The highest BCUT2D eigenvalue weighted by Crippen LogP contribution is 2.30. The molecule has 1 aromatic carbocycles. The summed E-state index contributed by atoms with van der Waals surface area (Å²) in [6, 6.07) is 8.74. The molecule has 1 amide bonds. The lowest BCUT2D eigenvalue weighted by molar-refractivity contribution is -0.151. The van der Waals surface area contributed by atoms with Crippen LogP contribution in [-0.4, -0.2) is 27.9 Å². The minimum absolute atomic E-state index is 0.138. The number of thiophene rings is 1. The average Bonchev–Trinajstić information content (AvgIpc) is 2.99. The number of fused-ring (bicyclic) bond motifs is 1. The molecule has 1 N–H and O–H groups in total. The molecule has 1 atom stereocenters. The number of carboxylic acid groups (broad SMARTS) is 1. The van der Waals surface area contributed by atoms with Gasteiger partial charge in [-0.15, -0.1) is 11.3 Å². The zero-order valence-corrected chi connectivity index (χ0v) is 14.1. The summed E-state index contributed by atoms with van der Waals surface area (Å²) < 4.78 is 0.904. The van der Waals surface area contributed by atoms with Crippen LogP contribution in [0.4, 0.5) is 0 Å². The molecule has 2 aromatic rings. The van der Waals surface area contributed by atoms with Crippen molar-refractivity contribution in [1.82, 2.24) is 4.90 Å². The topological polar surface area (TPSA) is 57.6 Å². The fourth-order valence-electron chi connectivity index (χ4n) is 2.72. The van der Waals surface area contributed by atoms with Crippen molar-refractivity contribution in [3.63, 3.8) is 0 Å². The fraction of sp³-hybridized carbons (Fsp3) is 0.250. The molecule has 1 aliphatic rings. The highest BCUT2D eigenvalue weighted by Gasteiger charge is 2.35. The Balaban J connectivity index is 1.89. The van der Waals surface area contributed by atoms with Crippen molar-refractivity contribution in [1.29, 1.82) is 0 Å². The number of carbonyl (C=O) groups excluding carboxylic acids is 1. The van der Waals surface area contributed by atoms with E-state index in [0.717, 1.165) is 20.5 Å². The number of carbonyl (C=O) groups is 2. The van der Waals surface area contributed by atoms with Crippen LogP contribution in [0.25, 0.3) is 0 Å². The largest absolute Gasteiger partial charge is 0.480 e. The summed E-state index contributed by atoms with van der Waals surface area (Å²) in [6.07, 6.45) is 0.590. The van der Waals surface area contributed by atoms with E-state index in [2.05, 4.69) is 15.9 Å². The van der Waals surface area contributed by atoms with E-state index in [4.69, 9.17) is 0 Å². The minimum Gasteiger partial charge on any atom is -0.480 e. The Labute approximate surface area is 140 Å². The molecule has 0 bridgehead atoms. The molecular formula is C16H14BrNO3S. The number of amides is 1. The summed E-state index contributed by atoms with van der Waals surface area (Å²) in [7, 11) is 0. The van der Waals surface area contributed by atoms with Gasteiger partial charge in [-0.05, 0) is 28.6 Å². The highest BCUT2D eigenvalue weighted by molar-refractivity contribution is 9.10. The highest BCUT2D eigenvalue weighted by atomic mass is 79.9. The number of rotatable bonds is 3. The maximum atomic E-state index is 12.5. The molecule has 3 rings (SSSR count). The van der Waals surface area contributed by atoms with Gasteiger partial charge in [0.25, 0.3) is 0 Å². The molecule has 0 spiro atoms. The molecule has 6 heteroatoms. The van der Waals surface area contributed by atoms with Crippen molar-refractivity contribution in [3.8, 4) is 0 Å². The van der Waals surface area contributed by atoms with Crippen LogP contribution in [0.2, 0.25) is 0 Å². The number of aliphatic carboxylic acids is 1. The van der Waals surface area contributed by atoms with Gasteiger partial charge in [-0.2, -0.15) is 0 Å². The summed E-state index contributed by atoms with van der Waals surface area (Å²) in [5.41, 5.74) is 1.99. The Hall–Kier alpha value is -1.66. The standard InChI is InChI=1S/C16H14BrNO3S/c17-13-5-1-3-10-9-18(14(16(20)21)8-12(10)13)15(19)7-11-4-2-6-22-11/h1-6,14H,7-9H2,(H,20,21). The van der Waals surface area contributed by atoms with Gasteiger partial charge < -0.3 is 10.0 Å². The van der Waals surface area contributed by atoms with Crippen LogP contribution >= 0.6 is 27.3 Å². The van der Waals surface area contributed by atoms with Crippen LogP contribution in [0.3, 0.4) is 0 Å². The first-order chi connectivity index (χ1) is 10.6. The molecule has 2 heterocycles. The summed E-state index contributed by atoms with van der Waals surface area (Å²) in [5.74, 6) is -1.10. The SMILES string of the molecule is O=C(O)C1Cc2c(Br)cccc2CN1C(=O)Cc1cccs1. The van der Waals surface area contributed by atoms with Crippen LogP contribution in [0.15, 0.2) is 40.2 Å². The van der Waals surface area contributed by atoms with Crippen LogP contribution < -0.4 is 0 Å². The first-order valence-electron chi connectivity index (χ1n) is 6.87. The Morgan fingerprint density at radius 2 is 2.14 bits per heavy atom. The van der Waals surface area contributed by atoms with E-state index in [-0.39, 0.29) is 12.3 Å². The number of carboxylic acids is 1. The van der Waals surface area contributed by atoms with Gasteiger partial charge in [0.1, 0.15) is 6.04 Å². The van der Waals surface area contributed by atoms with Crippen LogP contribution in [0, 0.1) is 0 Å². The Morgan fingerprint density at radius 1 is 1.32 bits per heavy atom. The second kappa shape index (κ2) is 6.22. The quantitative estimate of drug-likeness (QED) is 0.891. The van der Waals surface area contributed by atoms with Gasteiger partial charge in [0, 0.05) is 22.3 Å². The average molecular weight is 380 g/mol. The van der Waals surface area contributed by atoms with Crippen LogP contribution in [-0.2, 0) is 29.0 Å². The molecule has 1 aliphatic heterocycles. The van der Waals surface area contributed by atoms with Gasteiger partial charge in [0.15, 0.2) is 0 Å². The second-order valence-electron chi connectivity index (χ2n) is 5.21. The Kier molecular flexibility index (Phi) is 4.31. The van der Waals surface area contributed by atoms with Gasteiger partial charge in [0.05, 0.1) is 6.42 Å². The van der Waals surface area contributed by atoms with Crippen molar-refractivity contribution in [2.24, 2.45) is 0 Å². The van der Waals surface area contributed by atoms with Gasteiger partial charge in [0.2, 0.25) is 5.91 Å². The first-order valence-corrected chi connectivity index (χ1v) is 8.54. The smallest absolute Gasteiger partial charge is 0.326 e. The fourth-order valence-corrected chi connectivity index (χ4v) is 3.99. The number of hydrogen-bond acceptors (Lipinski definition) is 3. The van der Waals surface area contributed by atoms with E-state index < -0.39 is 12.0 Å². The zero-order valence-electron chi connectivity index (χ0n) is 11.7. The van der Waals surface area contributed by atoms with E-state index in [9.17, 15) is 14.7 Å². The van der Waals surface area contributed by atoms with Gasteiger partial charge in [-0.3, -0.25) is 4.79 Å². The number of hydrogen-bond donors (Lipinski definition) is 1. The molecule has 0 radical (unpaired) electrons. The van der Waals surface area contributed by atoms with Crippen molar-refractivity contribution in [2.75, 3.05) is 0 Å². The van der Waals surface area contributed by atoms with E-state index >= 15 is 0 Å². The molecule has 0 saturated heterocycles. The summed E-state index contributed by atoms with van der Waals surface area (Å²) >= 11 is 4.98. The molecule has 1 aromatic heterocycles. The molecule has 0 saturated carbocycles. The van der Waals surface area contributed by atoms with E-state index in [1.54, 1.807) is 0 Å². The minimum atomic E-state index is -0.957. The van der Waals surface area contributed by atoms with E-state index in [1.165, 1.54) is 16.2 Å². The second-order valence-corrected chi connectivity index (χ2v) is 7.10. The maximum Gasteiger partial charge on any atom is 0.326 e. The third-order valence-corrected chi connectivity index (χ3v) is 5.46. The normalized spacial score (nSPS) is 17.1. The first kappa shape index (κ1) is 15.2. The van der Waals surface area contributed by atoms with Crippen molar-refractivity contribution in [3.05, 3.63) is 56.2 Å². The van der Waals surface area contributed by atoms with Crippen molar-refractivity contribution in [2.45, 2.75) is 25.4 Å². The third kappa shape index (κ3) is 2.94. The molecular weight excluding hydrogens is 366 g/mol. The predicted octanol–water partition coefficient (Wildman–Crippen LogP) is 3.09. The van der Waals surface area contributed by atoms with Gasteiger partial charge in [-0.25, -0.2) is 4.79 Å². The zero-order chi connectivity index (χ0) is 15.7. The summed E-state index contributed by atoms with van der Waals surface area (Å²) in [5, 5.41) is 11.4. The van der Waals surface area contributed by atoms with Crippen molar-refractivity contribution >= 4 is 39.1 Å². The van der Waals surface area contributed by atoms with E-state index in [0.29, 0.717) is 13.0 Å². The number of benzene rings is 1. The Bertz CT molecular complexity index is 714. The van der Waals surface area contributed by atoms with Gasteiger partial charge >= 0.3 is 5.97 Å². The van der Waals surface area contributed by atoms with Crippen LogP contribution in [0.1, 0.15) is 16.0 Å².